The van der Waals surface area contributed by atoms with Crippen LogP contribution in [0.25, 0.3) is 27.8 Å². The molecule has 0 spiro atoms. The zero-order valence-corrected chi connectivity index (χ0v) is 21.4. The van der Waals surface area contributed by atoms with Crippen LogP contribution in [0.3, 0.4) is 0 Å². The molecule has 2 aromatic carbocycles. The Bertz CT molecular complexity index is 1870. The van der Waals surface area contributed by atoms with Crippen LogP contribution in [0, 0.1) is 23.0 Å². The summed E-state index contributed by atoms with van der Waals surface area (Å²) in [5, 5.41) is 12.6. The summed E-state index contributed by atoms with van der Waals surface area (Å²) in [6.45, 7) is 1.76. The minimum Gasteiger partial charge on any atom is -0.494 e. The van der Waals surface area contributed by atoms with Gasteiger partial charge in [0.05, 0.1) is 24.2 Å². The zero-order valence-electron chi connectivity index (χ0n) is 21.4. The fraction of sp³-hybridized carbons (Fsp3) is 0.103. The van der Waals surface area contributed by atoms with Crippen molar-refractivity contribution in [1.82, 2.24) is 14.4 Å². The van der Waals surface area contributed by atoms with Crippen LogP contribution in [-0.2, 0) is 0 Å². The van der Waals surface area contributed by atoms with Crippen molar-refractivity contribution < 1.29 is 13.5 Å². The van der Waals surface area contributed by atoms with Gasteiger partial charge in [0.1, 0.15) is 17.6 Å². The van der Waals surface area contributed by atoms with Gasteiger partial charge < -0.3 is 21.5 Å². The molecule has 0 bridgehead atoms. The van der Waals surface area contributed by atoms with Crippen molar-refractivity contribution in [2.24, 2.45) is 0 Å². The van der Waals surface area contributed by atoms with E-state index in [0.717, 1.165) is 6.20 Å². The molecule has 5 rings (SSSR count). The number of aromatic nitrogens is 3. The van der Waals surface area contributed by atoms with Crippen LogP contribution in [0.1, 0.15) is 24.2 Å². The molecule has 0 aliphatic rings. The lowest BCUT2D eigenvalue weighted by atomic mass is 9.88. The predicted molar refractivity (Wildman–Crippen MR) is 149 cm³/mol. The Hall–Kier alpha value is -5.50. The molecule has 5 N–H and O–H groups in total. The van der Waals surface area contributed by atoms with E-state index in [-0.39, 0.29) is 34.5 Å². The van der Waals surface area contributed by atoms with Gasteiger partial charge in [-0.2, -0.15) is 15.2 Å². The molecule has 11 heteroatoms. The summed E-state index contributed by atoms with van der Waals surface area (Å²) >= 11 is 0. The fourth-order valence-electron chi connectivity index (χ4n) is 4.75. The van der Waals surface area contributed by atoms with E-state index in [1.54, 1.807) is 43.3 Å². The number of pyridine rings is 2. The van der Waals surface area contributed by atoms with Crippen LogP contribution in [0.4, 0.5) is 26.2 Å². The molecule has 1 unspecified atom stereocenters. The summed E-state index contributed by atoms with van der Waals surface area (Å²) in [6, 6.07) is 17.1. The number of nitrogens with two attached hydrogens (primary N) is 2. The third-order valence-corrected chi connectivity index (χ3v) is 6.50. The molecule has 1 atom stereocenters. The van der Waals surface area contributed by atoms with Gasteiger partial charge in [-0.3, -0.25) is 9.20 Å². The third kappa shape index (κ3) is 4.52. The number of ether oxygens (including phenoxy) is 1. The van der Waals surface area contributed by atoms with Crippen LogP contribution in [-0.4, -0.2) is 21.5 Å². The topological polar surface area (TPSA) is 144 Å². The summed E-state index contributed by atoms with van der Waals surface area (Å²) in [5.41, 5.74) is 13.8. The molecular weight excluding hydrogens is 516 g/mol. The number of nitrogen functional groups attached to an aromatic ring is 2. The number of hydrogen-bond acceptors (Lipinski definition) is 8. The first kappa shape index (κ1) is 26.1. The second kappa shape index (κ2) is 10.3. The van der Waals surface area contributed by atoms with E-state index in [0.29, 0.717) is 27.8 Å². The van der Waals surface area contributed by atoms with Crippen molar-refractivity contribution >= 4 is 23.0 Å². The number of rotatable bonds is 6. The van der Waals surface area contributed by atoms with E-state index in [4.69, 9.17) is 16.2 Å². The number of nitrogens with zero attached hydrogens (tertiary/aromatic N) is 4. The maximum absolute atomic E-state index is 15.0. The molecule has 0 amide bonds. The van der Waals surface area contributed by atoms with E-state index >= 15 is 4.39 Å². The Labute approximate surface area is 227 Å². The molecular formula is C29H23F2N7O2. The molecule has 3 aromatic heterocycles. The smallest absolute Gasteiger partial charge is 0.263 e. The summed E-state index contributed by atoms with van der Waals surface area (Å²) in [7, 11) is 1.36. The predicted octanol–water partition coefficient (Wildman–Crippen LogP) is 4.92. The molecule has 0 aliphatic heterocycles. The van der Waals surface area contributed by atoms with Crippen LogP contribution in [0.15, 0.2) is 71.7 Å². The number of nitriles is 1. The first-order valence-electron chi connectivity index (χ1n) is 12.1. The second-order valence-electron chi connectivity index (χ2n) is 8.96. The van der Waals surface area contributed by atoms with Gasteiger partial charge in [0.2, 0.25) is 5.95 Å². The van der Waals surface area contributed by atoms with Crippen molar-refractivity contribution in [1.29, 1.82) is 5.26 Å². The zero-order chi connectivity index (χ0) is 28.6. The number of anilines is 3. The molecule has 40 heavy (non-hydrogen) atoms. The van der Waals surface area contributed by atoms with E-state index < -0.39 is 23.2 Å². The van der Waals surface area contributed by atoms with Gasteiger partial charge in [-0.15, -0.1) is 0 Å². The standard InChI is InChI=1S/C29H23F2N7O2/c1-15(35-27-26(33)20(13-32)36-29(34)37-27)23-24(17-8-11-22(40-2)19(31)12-17)21-10-9-18(30)14-38(21)28(39)25(23)16-6-4-3-5-7-16/h3-12,14-15H,33H2,1-2H3,(H3,34,35,36,37). The second-order valence-corrected chi connectivity index (χ2v) is 8.96. The Kier molecular flexibility index (Phi) is 6.75. The normalized spacial score (nSPS) is 11.7. The first-order valence-corrected chi connectivity index (χ1v) is 12.1. The highest BCUT2D eigenvalue weighted by molar-refractivity contribution is 5.90. The van der Waals surface area contributed by atoms with Gasteiger partial charge in [0.15, 0.2) is 23.1 Å². The molecule has 0 fully saturated rings. The molecule has 0 aliphatic carbocycles. The average molecular weight is 540 g/mol. The highest BCUT2D eigenvalue weighted by atomic mass is 19.1. The van der Waals surface area contributed by atoms with Crippen LogP contribution >= 0.6 is 0 Å². The van der Waals surface area contributed by atoms with E-state index in [1.165, 1.54) is 35.8 Å². The highest BCUT2D eigenvalue weighted by Gasteiger charge is 2.26. The largest absolute Gasteiger partial charge is 0.494 e. The monoisotopic (exact) mass is 539 g/mol. The van der Waals surface area contributed by atoms with E-state index in [9.17, 15) is 14.4 Å². The van der Waals surface area contributed by atoms with Crippen molar-refractivity contribution in [3.8, 4) is 34.1 Å². The summed E-state index contributed by atoms with van der Waals surface area (Å²) in [5.74, 6) is -1.29. The maximum atomic E-state index is 15.0. The van der Waals surface area contributed by atoms with E-state index in [2.05, 4.69) is 15.3 Å². The molecule has 5 aromatic rings. The average Bonchev–Trinajstić information content (AvgIpc) is 2.95. The molecule has 0 saturated carbocycles. The van der Waals surface area contributed by atoms with Gasteiger partial charge in [0, 0.05) is 11.8 Å². The lowest BCUT2D eigenvalue weighted by molar-refractivity contribution is 0.386. The van der Waals surface area contributed by atoms with Crippen LogP contribution in [0.2, 0.25) is 0 Å². The van der Waals surface area contributed by atoms with Crippen molar-refractivity contribution in [3.05, 3.63) is 100 Å². The van der Waals surface area contributed by atoms with Gasteiger partial charge in [0.25, 0.3) is 5.56 Å². The summed E-state index contributed by atoms with van der Waals surface area (Å²) < 4.78 is 35.7. The lowest BCUT2D eigenvalue weighted by Gasteiger charge is -2.25. The third-order valence-electron chi connectivity index (χ3n) is 6.50. The van der Waals surface area contributed by atoms with Crippen molar-refractivity contribution in [3.63, 3.8) is 0 Å². The van der Waals surface area contributed by atoms with Crippen molar-refractivity contribution in [2.75, 3.05) is 23.9 Å². The van der Waals surface area contributed by atoms with E-state index in [1.807, 2.05) is 6.07 Å². The molecule has 0 radical (unpaired) electrons. The highest BCUT2D eigenvalue weighted by Crippen LogP contribution is 2.40. The Morgan fingerprint density at radius 3 is 2.45 bits per heavy atom. The van der Waals surface area contributed by atoms with Gasteiger partial charge >= 0.3 is 0 Å². The quantitative estimate of drug-likeness (QED) is 0.276. The van der Waals surface area contributed by atoms with Crippen molar-refractivity contribution in [2.45, 2.75) is 13.0 Å². The van der Waals surface area contributed by atoms with Gasteiger partial charge in [-0.05, 0) is 47.9 Å². The SMILES string of the molecule is COc1ccc(-c2c(C(C)Nc3nc(N)nc(C#N)c3N)c(-c3ccccc3)c(=O)n3cc(F)ccc23)cc1F. The maximum Gasteiger partial charge on any atom is 0.263 e. The Morgan fingerprint density at radius 1 is 1.02 bits per heavy atom. The summed E-state index contributed by atoms with van der Waals surface area (Å²) in [4.78, 5) is 22.0. The molecule has 3 heterocycles. The molecule has 9 nitrogen and oxygen atoms in total. The van der Waals surface area contributed by atoms with Crippen LogP contribution < -0.4 is 27.1 Å². The Morgan fingerprint density at radius 2 is 1.77 bits per heavy atom. The number of hydrogen-bond donors (Lipinski definition) is 3. The van der Waals surface area contributed by atoms with Gasteiger partial charge in [-0.1, -0.05) is 36.4 Å². The summed E-state index contributed by atoms with van der Waals surface area (Å²) in [6.07, 6.45) is 1.09. The fourth-order valence-corrected chi connectivity index (χ4v) is 4.75. The van der Waals surface area contributed by atoms with Crippen LogP contribution in [0.5, 0.6) is 5.75 Å². The molecule has 200 valence electrons. The van der Waals surface area contributed by atoms with Gasteiger partial charge in [-0.25, -0.2) is 8.78 Å². The number of benzene rings is 2. The first-order chi connectivity index (χ1) is 19.2. The number of halogens is 2. The Balaban J connectivity index is 1.88. The number of methoxy groups -OCH3 is 1. The number of fused-ring (bicyclic) bond motifs is 1. The lowest BCUT2D eigenvalue weighted by Crippen LogP contribution is -2.23. The number of nitrogens with one attached hydrogen (secondary N) is 1. The minimum atomic E-state index is -0.707. The molecule has 0 saturated heterocycles. The minimum absolute atomic E-state index is 0.0264.